The summed E-state index contributed by atoms with van der Waals surface area (Å²) < 4.78 is 0. The van der Waals surface area contributed by atoms with Crippen LogP contribution in [0.25, 0.3) is 0 Å². The first-order valence-electron chi connectivity index (χ1n) is 6.25. The molecule has 0 nitrogen and oxygen atoms in total. The summed E-state index contributed by atoms with van der Waals surface area (Å²) in [5.41, 5.74) is 0. The SMILES string of the molecule is CCCCCC1C(C)C1C1CC1C. The molecule has 0 aromatic heterocycles. The maximum Gasteiger partial charge on any atom is -0.0324 e. The third kappa shape index (κ3) is 1.92. The molecule has 0 N–H and O–H groups in total. The fourth-order valence-corrected chi connectivity index (χ4v) is 3.26. The Labute approximate surface area is 83.1 Å². The lowest BCUT2D eigenvalue weighted by atomic mass is 10.1. The first-order chi connectivity index (χ1) is 6.25. The van der Waals surface area contributed by atoms with Gasteiger partial charge in [0.25, 0.3) is 0 Å². The van der Waals surface area contributed by atoms with Crippen LogP contribution < -0.4 is 0 Å². The molecule has 0 radical (unpaired) electrons. The van der Waals surface area contributed by atoms with E-state index in [-0.39, 0.29) is 0 Å². The van der Waals surface area contributed by atoms with Crippen molar-refractivity contribution in [2.75, 3.05) is 0 Å². The summed E-state index contributed by atoms with van der Waals surface area (Å²) in [6, 6.07) is 0. The molecule has 5 unspecified atom stereocenters. The largest absolute Gasteiger partial charge is 0.0654 e. The molecule has 2 saturated carbocycles. The zero-order chi connectivity index (χ0) is 9.42. The van der Waals surface area contributed by atoms with Crippen LogP contribution in [-0.2, 0) is 0 Å². The minimum atomic E-state index is 1.07. The van der Waals surface area contributed by atoms with E-state index in [0.717, 1.165) is 29.6 Å². The molecule has 0 aromatic rings. The summed E-state index contributed by atoms with van der Waals surface area (Å²) >= 11 is 0. The molecule has 2 aliphatic carbocycles. The van der Waals surface area contributed by atoms with Gasteiger partial charge in [-0.15, -0.1) is 0 Å². The normalized spacial score (nSPS) is 47.8. The van der Waals surface area contributed by atoms with Crippen molar-refractivity contribution in [1.82, 2.24) is 0 Å². The molecule has 2 fully saturated rings. The van der Waals surface area contributed by atoms with Gasteiger partial charge in [-0.1, -0.05) is 40.0 Å². The van der Waals surface area contributed by atoms with Crippen LogP contribution >= 0.6 is 0 Å². The summed E-state index contributed by atoms with van der Waals surface area (Å²) in [5, 5.41) is 0. The van der Waals surface area contributed by atoms with Crippen molar-refractivity contribution < 1.29 is 0 Å². The molecule has 0 bridgehead atoms. The third-order valence-corrected chi connectivity index (χ3v) is 4.44. The molecule has 0 heteroatoms. The molecule has 2 rings (SSSR count). The predicted octanol–water partition coefficient (Wildman–Crippen LogP) is 4.10. The number of hydrogen-bond acceptors (Lipinski definition) is 0. The summed E-state index contributed by atoms with van der Waals surface area (Å²) in [7, 11) is 0. The Morgan fingerprint density at radius 3 is 2.38 bits per heavy atom. The third-order valence-electron chi connectivity index (χ3n) is 4.44. The summed E-state index contributed by atoms with van der Waals surface area (Å²) in [6.07, 6.45) is 7.40. The minimum Gasteiger partial charge on any atom is -0.0654 e. The first kappa shape index (κ1) is 9.55. The average molecular weight is 180 g/mol. The van der Waals surface area contributed by atoms with E-state index in [1.807, 2.05) is 0 Å². The molecule has 0 heterocycles. The van der Waals surface area contributed by atoms with Crippen molar-refractivity contribution in [3.05, 3.63) is 0 Å². The highest BCUT2D eigenvalue weighted by Gasteiger charge is 2.56. The summed E-state index contributed by atoms with van der Waals surface area (Å²) in [6.45, 7) is 7.21. The lowest BCUT2D eigenvalue weighted by molar-refractivity contribution is 0.538. The van der Waals surface area contributed by atoms with E-state index in [1.165, 1.54) is 25.7 Å². The van der Waals surface area contributed by atoms with Crippen LogP contribution in [0.4, 0.5) is 0 Å². The second-order valence-corrected chi connectivity index (χ2v) is 5.47. The van der Waals surface area contributed by atoms with Gasteiger partial charge in [0.2, 0.25) is 0 Å². The van der Waals surface area contributed by atoms with E-state index in [0.29, 0.717) is 0 Å². The maximum absolute atomic E-state index is 2.48. The van der Waals surface area contributed by atoms with E-state index < -0.39 is 0 Å². The molecule has 0 amide bonds. The molecule has 2 aliphatic rings. The average Bonchev–Trinajstić information content (AvgIpc) is 2.94. The fourth-order valence-electron chi connectivity index (χ4n) is 3.26. The Morgan fingerprint density at radius 1 is 1.15 bits per heavy atom. The topological polar surface area (TPSA) is 0 Å². The first-order valence-corrected chi connectivity index (χ1v) is 6.25. The van der Waals surface area contributed by atoms with E-state index in [9.17, 15) is 0 Å². The number of rotatable bonds is 5. The smallest absolute Gasteiger partial charge is 0.0324 e. The summed E-state index contributed by atoms with van der Waals surface area (Å²) in [4.78, 5) is 0. The lowest BCUT2D eigenvalue weighted by Crippen LogP contribution is -1.87. The molecule has 76 valence electrons. The Morgan fingerprint density at radius 2 is 1.85 bits per heavy atom. The van der Waals surface area contributed by atoms with Gasteiger partial charge in [-0.25, -0.2) is 0 Å². The van der Waals surface area contributed by atoms with Crippen molar-refractivity contribution in [3.63, 3.8) is 0 Å². The Bertz CT molecular complexity index is 173. The Kier molecular flexibility index (Phi) is 2.67. The quantitative estimate of drug-likeness (QED) is 0.559. The molecule has 5 atom stereocenters. The van der Waals surface area contributed by atoms with Crippen LogP contribution in [0.15, 0.2) is 0 Å². The van der Waals surface area contributed by atoms with Gasteiger partial charge in [0.1, 0.15) is 0 Å². The molecule has 0 spiro atoms. The van der Waals surface area contributed by atoms with Crippen LogP contribution in [-0.4, -0.2) is 0 Å². The van der Waals surface area contributed by atoms with Crippen LogP contribution in [0.3, 0.4) is 0 Å². The van der Waals surface area contributed by atoms with Crippen molar-refractivity contribution >= 4 is 0 Å². The zero-order valence-corrected chi connectivity index (χ0v) is 9.42. The molecule has 0 saturated heterocycles. The minimum absolute atomic E-state index is 1.07. The van der Waals surface area contributed by atoms with Crippen LogP contribution in [0.5, 0.6) is 0 Å². The standard InChI is InChI=1S/C13H24/c1-4-5-6-7-11-10(3)13(11)12-8-9(12)2/h9-13H,4-8H2,1-3H3. The second-order valence-electron chi connectivity index (χ2n) is 5.47. The van der Waals surface area contributed by atoms with E-state index in [1.54, 1.807) is 6.42 Å². The Hall–Kier alpha value is 0. The second kappa shape index (κ2) is 3.63. The van der Waals surface area contributed by atoms with Crippen molar-refractivity contribution in [1.29, 1.82) is 0 Å². The van der Waals surface area contributed by atoms with Gasteiger partial charge in [0, 0.05) is 0 Å². The number of unbranched alkanes of at least 4 members (excludes halogenated alkanes) is 2. The van der Waals surface area contributed by atoms with Gasteiger partial charge < -0.3 is 0 Å². The molecule has 13 heavy (non-hydrogen) atoms. The van der Waals surface area contributed by atoms with E-state index in [4.69, 9.17) is 0 Å². The van der Waals surface area contributed by atoms with E-state index in [2.05, 4.69) is 20.8 Å². The van der Waals surface area contributed by atoms with Gasteiger partial charge in [-0.2, -0.15) is 0 Å². The van der Waals surface area contributed by atoms with Crippen LogP contribution in [0.1, 0.15) is 52.9 Å². The van der Waals surface area contributed by atoms with Crippen molar-refractivity contribution in [2.45, 2.75) is 52.9 Å². The highest BCUT2D eigenvalue weighted by atomic mass is 14.6. The highest BCUT2D eigenvalue weighted by molar-refractivity contribution is 5.04. The zero-order valence-electron chi connectivity index (χ0n) is 9.42. The van der Waals surface area contributed by atoms with E-state index >= 15 is 0 Å². The van der Waals surface area contributed by atoms with Crippen molar-refractivity contribution in [2.24, 2.45) is 29.6 Å². The number of hydrogen-bond donors (Lipinski definition) is 0. The monoisotopic (exact) mass is 180 g/mol. The van der Waals surface area contributed by atoms with Crippen molar-refractivity contribution in [3.8, 4) is 0 Å². The van der Waals surface area contributed by atoms with Gasteiger partial charge in [-0.05, 0) is 42.4 Å². The predicted molar refractivity (Wildman–Crippen MR) is 57.6 cm³/mol. The highest BCUT2D eigenvalue weighted by Crippen LogP contribution is 2.62. The van der Waals surface area contributed by atoms with Gasteiger partial charge in [-0.3, -0.25) is 0 Å². The van der Waals surface area contributed by atoms with Gasteiger partial charge in [0.15, 0.2) is 0 Å². The lowest BCUT2D eigenvalue weighted by Gasteiger charge is -1.97. The Balaban J connectivity index is 1.66. The fraction of sp³-hybridized carbons (Fsp3) is 1.00. The maximum atomic E-state index is 2.48. The molecular formula is C13H24. The van der Waals surface area contributed by atoms with Gasteiger partial charge >= 0.3 is 0 Å². The molecular weight excluding hydrogens is 156 g/mol. The van der Waals surface area contributed by atoms with Crippen LogP contribution in [0, 0.1) is 29.6 Å². The molecule has 0 aromatic carbocycles. The summed E-state index contributed by atoms with van der Waals surface area (Å²) in [5.74, 6) is 5.56. The van der Waals surface area contributed by atoms with Gasteiger partial charge in [0.05, 0.1) is 0 Å². The molecule has 0 aliphatic heterocycles. The van der Waals surface area contributed by atoms with Crippen LogP contribution in [0.2, 0.25) is 0 Å².